The van der Waals surface area contributed by atoms with Crippen LogP contribution in [-0.4, -0.2) is 53.4 Å². The van der Waals surface area contributed by atoms with Crippen molar-refractivity contribution < 1.29 is 23.5 Å². The van der Waals surface area contributed by atoms with Gasteiger partial charge in [-0.15, -0.1) is 0 Å². The summed E-state index contributed by atoms with van der Waals surface area (Å²) < 4.78 is 17.7. The summed E-state index contributed by atoms with van der Waals surface area (Å²) in [6, 6.07) is 12.8. The molecule has 132 valence electrons. The number of nitrogens with zero attached hydrogens (tertiary/aromatic N) is 2. The third-order valence-electron chi connectivity index (χ3n) is 4.61. The van der Waals surface area contributed by atoms with E-state index < -0.39 is 6.09 Å². The normalized spacial score (nSPS) is 17.3. The van der Waals surface area contributed by atoms with Gasteiger partial charge < -0.3 is 9.64 Å². The second-order valence-electron chi connectivity index (χ2n) is 6.27. The van der Waals surface area contributed by atoms with Crippen LogP contribution in [0.2, 0.25) is 0 Å². The number of cyclic esters (lactones) is 1. The van der Waals surface area contributed by atoms with Crippen LogP contribution in [0.1, 0.15) is 10.4 Å². The molecule has 0 spiro atoms. The van der Waals surface area contributed by atoms with Crippen LogP contribution in [0.25, 0.3) is 11.1 Å². The summed E-state index contributed by atoms with van der Waals surface area (Å²) in [7, 11) is 0. The minimum absolute atomic E-state index is 0.160. The first-order valence-corrected chi connectivity index (χ1v) is 8.17. The lowest BCUT2D eigenvalue weighted by Crippen LogP contribution is -2.62. The summed E-state index contributed by atoms with van der Waals surface area (Å²) in [6.45, 7) is 0.382. The molecule has 2 heterocycles. The molecular weight excluding hydrogens is 339 g/mol. The predicted octanol–water partition coefficient (Wildman–Crippen LogP) is 2.30. The maximum atomic E-state index is 13.0. The molecule has 2 saturated heterocycles. The van der Waals surface area contributed by atoms with Crippen molar-refractivity contribution in [1.82, 2.24) is 9.80 Å². The summed E-state index contributed by atoms with van der Waals surface area (Å²) in [5, 5.41) is 0. The van der Waals surface area contributed by atoms with E-state index in [-0.39, 0.29) is 30.3 Å². The Morgan fingerprint density at radius 2 is 1.54 bits per heavy atom. The van der Waals surface area contributed by atoms with Crippen LogP contribution < -0.4 is 0 Å². The highest BCUT2D eigenvalue weighted by Crippen LogP contribution is 2.24. The molecule has 2 aliphatic heterocycles. The van der Waals surface area contributed by atoms with E-state index in [1.807, 2.05) is 0 Å². The van der Waals surface area contributed by atoms with Crippen LogP contribution in [0.4, 0.5) is 9.18 Å². The van der Waals surface area contributed by atoms with Crippen molar-refractivity contribution >= 4 is 17.9 Å². The number of carbonyl (C=O) groups excluding carboxylic acids is 3. The molecule has 26 heavy (non-hydrogen) atoms. The molecular formula is C19H15FN2O4. The molecule has 2 aromatic carbocycles. The molecule has 0 saturated carbocycles. The van der Waals surface area contributed by atoms with Gasteiger partial charge in [-0.05, 0) is 35.4 Å². The Morgan fingerprint density at radius 3 is 2.08 bits per heavy atom. The number of amides is 3. The SMILES string of the molecule is O=C(c1ccc(-c2ccc(F)cc2)cc1)N1CC(N2C(=O)COC2=O)C1. The van der Waals surface area contributed by atoms with Crippen LogP contribution in [0.5, 0.6) is 0 Å². The molecule has 6 nitrogen and oxygen atoms in total. The van der Waals surface area contributed by atoms with Gasteiger partial charge in [0.25, 0.3) is 11.8 Å². The van der Waals surface area contributed by atoms with Crippen LogP contribution in [0, 0.1) is 5.82 Å². The van der Waals surface area contributed by atoms with Gasteiger partial charge in [-0.3, -0.25) is 9.59 Å². The van der Waals surface area contributed by atoms with Crippen LogP contribution in [0.15, 0.2) is 48.5 Å². The van der Waals surface area contributed by atoms with Crippen LogP contribution in [-0.2, 0) is 9.53 Å². The molecule has 0 radical (unpaired) electrons. The molecule has 2 aromatic rings. The van der Waals surface area contributed by atoms with E-state index in [0.29, 0.717) is 18.7 Å². The lowest BCUT2D eigenvalue weighted by molar-refractivity contribution is -0.129. The number of rotatable bonds is 3. The summed E-state index contributed by atoms with van der Waals surface area (Å²) in [4.78, 5) is 38.3. The fraction of sp³-hybridized carbons (Fsp3) is 0.211. The van der Waals surface area contributed by atoms with E-state index in [0.717, 1.165) is 16.0 Å². The zero-order valence-corrected chi connectivity index (χ0v) is 13.7. The number of hydrogen-bond donors (Lipinski definition) is 0. The Hall–Kier alpha value is -3.22. The standard InChI is InChI=1S/C19H15FN2O4/c20-15-7-5-13(6-8-15)12-1-3-14(4-2-12)18(24)21-9-16(10-21)22-17(23)11-26-19(22)25/h1-8,16H,9-11H2. The monoisotopic (exact) mass is 354 g/mol. The highest BCUT2D eigenvalue weighted by Gasteiger charge is 2.44. The quantitative estimate of drug-likeness (QED) is 0.848. The number of carbonyl (C=O) groups is 3. The number of ether oxygens (including phenoxy) is 1. The molecule has 0 unspecified atom stereocenters. The summed E-state index contributed by atoms with van der Waals surface area (Å²) in [5.41, 5.74) is 2.26. The van der Waals surface area contributed by atoms with Gasteiger partial charge in [-0.2, -0.15) is 0 Å². The van der Waals surface area contributed by atoms with Crippen molar-refractivity contribution in [2.24, 2.45) is 0 Å². The first kappa shape index (κ1) is 16.3. The summed E-state index contributed by atoms with van der Waals surface area (Å²) in [6.07, 6.45) is -0.643. The minimum Gasteiger partial charge on any atom is -0.439 e. The van der Waals surface area contributed by atoms with E-state index in [1.54, 1.807) is 41.3 Å². The molecule has 0 atom stereocenters. The van der Waals surface area contributed by atoms with E-state index in [2.05, 4.69) is 4.74 Å². The van der Waals surface area contributed by atoms with Gasteiger partial charge in [0.05, 0.1) is 6.04 Å². The average molecular weight is 354 g/mol. The largest absolute Gasteiger partial charge is 0.439 e. The molecule has 0 aliphatic carbocycles. The van der Waals surface area contributed by atoms with Gasteiger partial charge in [0.1, 0.15) is 5.82 Å². The Balaban J connectivity index is 1.41. The maximum absolute atomic E-state index is 13.0. The van der Waals surface area contributed by atoms with Crippen molar-refractivity contribution in [3.8, 4) is 11.1 Å². The highest BCUT2D eigenvalue weighted by atomic mass is 19.1. The van der Waals surface area contributed by atoms with Crippen molar-refractivity contribution in [3.63, 3.8) is 0 Å². The lowest BCUT2D eigenvalue weighted by atomic mass is 10.0. The Bertz CT molecular complexity index is 857. The average Bonchev–Trinajstić information content (AvgIpc) is 2.94. The minimum atomic E-state index is -0.643. The molecule has 3 amide bonds. The highest BCUT2D eigenvalue weighted by molar-refractivity contribution is 5.99. The van der Waals surface area contributed by atoms with Gasteiger partial charge in [0, 0.05) is 18.7 Å². The Kier molecular flexibility index (Phi) is 3.91. The fourth-order valence-electron chi connectivity index (χ4n) is 3.13. The number of halogens is 1. The number of likely N-dealkylation sites (tertiary alicyclic amines) is 1. The Labute approximate surface area is 148 Å². The number of imide groups is 1. The van der Waals surface area contributed by atoms with Crippen molar-refractivity contribution in [1.29, 1.82) is 0 Å². The summed E-state index contributed by atoms with van der Waals surface area (Å²) in [5.74, 6) is -0.823. The zero-order valence-electron chi connectivity index (χ0n) is 13.7. The number of hydrogen-bond acceptors (Lipinski definition) is 4. The van der Waals surface area contributed by atoms with Gasteiger partial charge in [-0.1, -0.05) is 24.3 Å². The van der Waals surface area contributed by atoms with Gasteiger partial charge in [-0.25, -0.2) is 14.1 Å². The second-order valence-corrected chi connectivity index (χ2v) is 6.27. The second kappa shape index (κ2) is 6.25. The maximum Gasteiger partial charge on any atom is 0.417 e. The molecule has 0 aromatic heterocycles. The van der Waals surface area contributed by atoms with Gasteiger partial charge in [0.15, 0.2) is 6.61 Å². The van der Waals surface area contributed by atoms with E-state index >= 15 is 0 Å². The van der Waals surface area contributed by atoms with Crippen molar-refractivity contribution in [3.05, 3.63) is 59.9 Å². The van der Waals surface area contributed by atoms with E-state index in [1.165, 1.54) is 12.1 Å². The molecule has 4 rings (SSSR count). The molecule has 0 N–H and O–H groups in total. The molecule has 0 bridgehead atoms. The van der Waals surface area contributed by atoms with E-state index in [4.69, 9.17) is 0 Å². The predicted molar refractivity (Wildman–Crippen MR) is 89.7 cm³/mol. The lowest BCUT2D eigenvalue weighted by Gasteiger charge is -2.41. The first-order valence-electron chi connectivity index (χ1n) is 8.17. The zero-order chi connectivity index (χ0) is 18.3. The summed E-state index contributed by atoms with van der Waals surface area (Å²) >= 11 is 0. The van der Waals surface area contributed by atoms with Crippen LogP contribution in [0.3, 0.4) is 0 Å². The topological polar surface area (TPSA) is 66.9 Å². The molecule has 2 aliphatic rings. The number of benzene rings is 2. The fourth-order valence-corrected chi connectivity index (χ4v) is 3.13. The third kappa shape index (κ3) is 2.81. The first-order chi connectivity index (χ1) is 12.5. The van der Waals surface area contributed by atoms with Crippen molar-refractivity contribution in [2.45, 2.75) is 6.04 Å². The smallest absolute Gasteiger partial charge is 0.417 e. The third-order valence-corrected chi connectivity index (χ3v) is 4.61. The van der Waals surface area contributed by atoms with Gasteiger partial charge >= 0.3 is 6.09 Å². The molecule has 7 heteroatoms. The Morgan fingerprint density at radius 1 is 0.962 bits per heavy atom. The van der Waals surface area contributed by atoms with Gasteiger partial charge in [0.2, 0.25) is 0 Å². The van der Waals surface area contributed by atoms with Crippen LogP contribution >= 0.6 is 0 Å². The molecule has 2 fully saturated rings. The van der Waals surface area contributed by atoms with Crippen molar-refractivity contribution in [2.75, 3.05) is 19.7 Å². The van der Waals surface area contributed by atoms with E-state index in [9.17, 15) is 18.8 Å².